The fraction of sp³-hybridized carbons (Fsp3) is 0.136. The minimum atomic E-state index is -0.482. The van der Waals surface area contributed by atoms with Gasteiger partial charge in [0.05, 0.1) is 7.11 Å². The first-order chi connectivity index (χ1) is 13.7. The summed E-state index contributed by atoms with van der Waals surface area (Å²) >= 11 is 0. The Morgan fingerprint density at radius 3 is 2.61 bits per heavy atom. The molecule has 0 bridgehead atoms. The molecule has 2 aromatic carbocycles. The number of nitrogens with zero attached hydrogens (tertiary/aromatic N) is 3. The second kappa shape index (κ2) is 7.52. The Kier molecular flexibility index (Phi) is 4.76. The summed E-state index contributed by atoms with van der Waals surface area (Å²) in [5.41, 5.74) is 1.21. The third-order valence-corrected chi connectivity index (χ3v) is 4.73. The average Bonchev–Trinajstić information content (AvgIpc) is 3.17. The van der Waals surface area contributed by atoms with Gasteiger partial charge in [0, 0.05) is 36.6 Å². The summed E-state index contributed by atoms with van der Waals surface area (Å²) in [6, 6.07) is 16.7. The molecule has 0 aliphatic rings. The van der Waals surface area contributed by atoms with Crippen LogP contribution in [0.15, 0.2) is 73.2 Å². The maximum absolute atomic E-state index is 13.2. The van der Waals surface area contributed by atoms with Crippen molar-refractivity contribution in [2.45, 2.75) is 6.04 Å². The molecule has 0 saturated carbocycles. The highest BCUT2D eigenvalue weighted by Gasteiger charge is 2.25. The molecule has 140 valence electrons. The highest BCUT2D eigenvalue weighted by atomic mass is 16.5. The number of pyridine rings is 1. The topological polar surface area (TPSA) is 69.0 Å². The van der Waals surface area contributed by atoms with E-state index in [0.29, 0.717) is 17.3 Å². The van der Waals surface area contributed by atoms with E-state index >= 15 is 0 Å². The maximum Gasteiger partial charge on any atom is 0.271 e. The molecule has 6 heteroatoms. The van der Waals surface area contributed by atoms with E-state index in [1.807, 2.05) is 72.4 Å². The number of para-hydroxylation sites is 1. The van der Waals surface area contributed by atoms with Crippen LogP contribution in [0.2, 0.25) is 0 Å². The normalized spacial score (nSPS) is 11.9. The third-order valence-electron chi connectivity index (χ3n) is 4.73. The van der Waals surface area contributed by atoms with Crippen LogP contribution in [-0.4, -0.2) is 27.6 Å². The van der Waals surface area contributed by atoms with Gasteiger partial charge in [-0.15, -0.1) is 0 Å². The lowest BCUT2D eigenvalue weighted by molar-refractivity contribution is 0.0937. The number of carbonyl (C=O) groups is 1. The molecule has 1 N–H and O–H groups in total. The van der Waals surface area contributed by atoms with Crippen molar-refractivity contribution in [2.24, 2.45) is 7.05 Å². The predicted octanol–water partition coefficient (Wildman–Crippen LogP) is 3.50. The summed E-state index contributed by atoms with van der Waals surface area (Å²) in [7, 11) is 3.51. The molecule has 2 aromatic heterocycles. The highest BCUT2D eigenvalue weighted by molar-refractivity contribution is 6.05. The second-order valence-corrected chi connectivity index (χ2v) is 6.43. The Hall–Kier alpha value is -3.67. The molecule has 28 heavy (non-hydrogen) atoms. The lowest BCUT2D eigenvalue weighted by Gasteiger charge is -2.21. The van der Waals surface area contributed by atoms with Crippen molar-refractivity contribution in [1.29, 1.82) is 0 Å². The van der Waals surface area contributed by atoms with Gasteiger partial charge in [-0.05, 0) is 17.5 Å². The van der Waals surface area contributed by atoms with E-state index in [0.717, 1.165) is 16.3 Å². The molecule has 0 aliphatic carbocycles. The van der Waals surface area contributed by atoms with Crippen LogP contribution < -0.4 is 10.1 Å². The molecular formula is C22H20N4O2. The fourth-order valence-corrected chi connectivity index (χ4v) is 3.34. The Labute approximate surface area is 162 Å². The van der Waals surface area contributed by atoms with Gasteiger partial charge in [-0.1, -0.05) is 42.5 Å². The summed E-state index contributed by atoms with van der Waals surface area (Å²) in [6.45, 7) is 0. The number of aryl methyl sites for hydroxylation is 1. The molecule has 4 aromatic rings. The summed E-state index contributed by atoms with van der Waals surface area (Å²) in [5.74, 6) is 1.12. The summed E-state index contributed by atoms with van der Waals surface area (Å²) < 4.78 is 7.40. The van der Waals surface area contributed by atoms with Gasteiger partial charge >= 0.3 is 0 Å². The van der Waals surface area contributed by atoms with Crippen molar-refractivity contribution >= 4 is 16.7 Å². The Balaban J connectivity index is 1.78. The van der Waals surface area contributed by atoms with Crippen LogP contribution in [0.25, 0.3) is 10.8 Å². The maximum atomic E-state index is 13.2. The Morgan fingerprint density at radius 2 is 1.82 bits per heavy atom. The number of aromatic nitrogens is 3. The van der Waals surface area contributed by atoms with E-state index in [-0.39, 0.29) is 5.91 Å². The van der Waals surface area contributed by atoms with Gasteiger partial charge in [-0.2, -0.15) is 0 Å². The smallest absolute Gasteiger partial charge is 0.271 e. The van der Waals surface area contributed by atoms with Crippen LogP contribution in [-0.2, 0) is 7.05 Å². The minimum absolute atomic E-state index is 0.268. The number of amides is 1. The number of carbonyl (C=O) groups excluding carboxylic acids is 1. The number of methoxy groups -OCH3 is 1. The zero-order chi connectivity index (χ0) is 19.5. The minimum Gasteiger partial charge on any atom is -0.496 e. The fourth-order valence-electron chi connectivity index (χ4n) is 3.34. The van der Waals surface area contributed by atoms with Crippen molar-refractivity contribution < 1.29 is 9.53 Å². The molecule has 0 radical (unpaired) electrons. The summed E-state index contributed by atoms with van der Waals surface area (Å²) in [6.07, 6.45) is 5.20. The molecule has 0 fully saturated rings. The zero-order valence-corrected chi connectivity index (χ0v) is 15.7. The van der Waals surface area contributed by atoms with Gasteiger partial charge in [-0.25, -0.2) is 4.98 Å². The van der Waals surface area contributed by atoms with Crippen LogP contribution in [0.1, 0.15) is 27.9 Å². The molecule has 1 amide bonds. The number of fused-ring (bicyclic) bond motifs is 1. The molecule has 1 atom stereocenters. The van der Waals surface area contributed by atoms with E-state index in [9.17, 15) is 4.79 Å². The van der Waals surface area contributed by atoms with Crippen LogP contribution in [0, 0.1) is 0 Å². The van der Waals surface area contributed by atoms with E-state index < -0.39 is 6.04 Å². The summed E-state index contributed by atoms with van der Waals surface area (Å²) in [4.78, 5) is 22.0. The molecule has 1 unspecified atom stereocenters. The SMILES string of the molecule is COc1ccccc1C(NC(=O)c1nccc2ccccc12)c1nccn1C. The first-order valence-electron chi connectivity index (χ1n) is 8.94. The molecule has 0 aliphatic heterocycles. The first-order valence-corrected chi connectivity index (χ1v) is 8.94. The quantitative estimate of drug-likeness (QED) is 0.582. The van der Waals surface area contributed by atoms with E-state index in [4.69, 9.17) is 4.74 Å². The predicted molar refractivity (Wildman–Crippen MR) is 107 cm³/mol. The van der Waals surface area contributed by atoms with Crippen molar-refractivity contribution in [3.63, 3.8) is 0 Å². The second-order valence-electron chi connectivity index (χ2n) is 6.43. The molecule has 0 spiro atoms. The van der Waals surface area contributed by atoms with Gasteiger partial charge in [0.2, 0.25) is 0 Å². The van der Waals surface area contributed by atoms with Crippen molar-refractivity contribution in [3.05, 3.63) is 90.3 Å². The number of hydrogen-bond donors (Lipinski definition) is 1. The first kappa shape index (κ1) is 17.7. The number of hydrogen-bond acceptors (Lipinski definition) is 4. The molecule has 6 nitrogen and oxygen atoms in total. The van der Waals surface area contributed by atoms with Crippen LogP contribution in [0.4, 0.5) is 0 Å². The van der Waals surface area contributed by atoms with Crippen molar-refractivity contribution in [1.82, 2.24) is 19.9 Å². The summed E-state index contributed by atoms with van der Waals surface area (Å²) in [5, 5.41) is 4.87. The number of nitrogens with one attached hydrogen (secondary N) is 1. The van der Waals surface area contributed by atoms with Crippen LogP contribution in [0.5, 0.6) is 5.75 Å². The number of ether oxygens (including phenoxy) is 1. The monoisotopic (exact) mass is 372 g/mol. The van der Waals surface area contributed by atoms with Crippen LogP contribution in [0.3, 0.4) is 0 Å². The largest absolute Gasteiger partial charge is 0.496 e. The van der Waals surface area contributed by atoms with Gasteiger partial charge in [0.25, 0.3) is 5.91 Å². The van der Waals surface area contributed by atoms with Gasteiger partial charge in [-0.3, -0.25) is 9.78 Å². The highest BCUT2D eigenvalue weighted by Crippen LogP contribution is 2.29. The van der Waals surface area contributed by atoms with E-state index in [1.54, 1.807) is 19.5 Å². The van der Waals surface area contributed by atoms with Crippen LogP contribution >= 0.6 is 0 Å². The average molecular weight is 372 g/mol. The van der Waals surface area contributed by atoms with E-state index in [2.05, 4.69) is 15.3 Å². The Morgan fingerprint density at radius 1 is 1.04 bits per heavy atom. The van der Waals surface area contributed by atoms with Crippen molar-refractivity contribution in [3.8, 4) is 5.75 Å². The lowest BCUT2D eigenvalue weighted by atomic mass is 10.0. The van der Waals surface area contributed by atoms with Crippen molar-refractivity contribution in [2.75, 3.05) is 7.11 Å². The van der Waals surface area contributed by atoms with Gasteiger partial charge in [0.1, 0.15) is 23.3 Å². The lowest BCUT2D eigenvalue weighted by Crippen LogP contribution is -2.32. The zero-order valence-electron chi connectivity index (χ0n) is 15.7. The number of benzene rings is 2. The third kappa shape index (κ3) is 3.20. The van der Waals surface area contributed by atoms with E-state index in [1.165, 1.54) is 0 Å². The molecule has 0 saturated heterocycles. The number of imidazole rings is 1. The number of rotatable bonds is 5. The molecule has 4 rings (SSSR count). The molecular weight excluding hydrogens is 352 g/mol. The van der Waals surface area contributed by atoms with Gasteiger partial charge < -0.3 is 14.6 Å². The molecule has 2 heterocycles. The van der Waals surface area contributed by atoms with Gasteiger partial charge in [0.15, 0.2) is 0 Å². The standard InChI is InChI=1S/C22H20N4O2/c1-26-14-13-24-21(26)19(17-9-5-6-10-18(17)28-2)25-22(27)20-16-8-4-3-7-15(16)11-12-23-20/h3-14,19H,1-2H3,(H,25,27). The Bertz CT molecular complexity index is 1130.